The molecule has 0 bridgehead atoms. The van der Waals surface area contributed by atoms with E-state index in [1.807, 2.05) is 12.1 Å². The van der Waals surface area contributed by atoms with E-state index in [0.717, 1.165) is 0 Å². The summed E-state index contributed by atoms with van der Waals surface area (Å²) >= 11 is 11.9. The zero-order valence-electron chi connectivity index (χ0n) is 17.4. The van der Waals surface area contributed by atoms with Crippen LogP contribution in [0.2, 0.25) is 10.0 Å². The lowest BCUT2D eigenvalue weighted by molar-refractivity contribution is 0.0800. The van der Waals surface area contributed by atoms with Gasteiger partial charge in [0.15, 0.2) is 11.6 Å². The molecule has 1 unspecified atom stereocenters. The van der Waals surface area contributed by atoms with Gasteiger partial charge in [-0.3, -0.25) is 9.59 Å². The molecular weight excluding hydrogens is 435 g/mol. The number of carbonyl (C=O) groups excluding carboxylic acids is 2. The van der Waals surface area contributed by atoms with E-state index in [-0.39, 0.29) is 30.5 Å². The number of carbonyl (C=O) groups is 2. The van der Waals surface area contributed by atoms with Crippen LogP contribution in [0.1, 0.15) is 65.7 Å². The molecule has 31 heavy (non-hydrogen) atoms. The summed E-state index contributed by atoms with van der Waals surface area (Å²) in [6, 6.07) is 10.3. The van der Waals surface area contributed by atoms with Crippen molar-refractivity contribution < 1.29 is 19.1 Å². The molecular formula is C25H26Cl2O4. The van der Waals surface area contributed by atoms with Gasteiger partial charge in [-0.25, -0.2) is 0 Å². The molecule has 0 saturated heterocycles. The number of ketones is 2. The van der Waals surface area contributed by atoms with Gasteiger partial charge in [-0.05, 0) is 55.5 Å². The first-order valence-corrected chi connectivity index (χ1v) is 11.7. The number of fused-ring (bicyclic) bond motifs is 1. The molecule has 0 spiro atoms. The summed E-state index contributed by atoms with van der Waals surface area (Å²) in [5.74, 6) is 1.25. The van der Waals surface area contributed by atoms with Crippen molar-refractivity contribution in [3.8, 4) is 11.5 Å². The van der Waals surface area contributed by atoms with Crippen LogP contribution < -0.4 is 9.47 Å². The zero-order valence-corrected chi connectivity index (χ0v) is 18.9. The maximum absolute atomic E-state index is 13.2. The van der Waals surface area contributed by atoms with Crippen molar-refractivity contribution in [2.45, 2.75) is 44.9 Å². The second-order valence-corrected chi connectivity index (χ2v) is 9.22. The number of rotatable bonds is 7. The molecule has 2 aromatic rings. The first-order valence-electron chi connectivity index (χ1n) is 10.9. The van der Waals surface area contributed by atoms with Crippen LogP contribution in [-0.4, -0.2) is 24.8 Å². The van der Waals surface area contributed by atoms with Crippen molar-refractivity contribution >= 4 is 34.8 Å². The smallest absolute Gasteiger partial charge is 0.176 e. The van der Waals surface area contributed by atoms with Gasteiger partial charge in [0.2, 0.25) is 0 Å². The molecule has 0 N–H and O–H groups in total. The maximum Gasteiger partial charge on any atom is 0.176 e. The fraction of sp³-hybridized carbons (Fsp3) is 0.440. The van der Waals surface area contributed by atoms with Gasteiger partial charge in [0.1, 0.15) is 17.1 Å². The second kappa shape index (κ2) is 10.1. The van der Waals surface area contributed by atoms with E-state index in [0.29, 0.717) is 51.6 Å². The average molecular weight is 461 g/mol. The van der Waals surface area contributed by atoms with Crippen LogP contribution in [-0.2, 0) is 0 Å². The van der Waals surface area contributed by atoms with Crippen LogP contribution in [0.25, 0.3) is 0 Å². The van der Waals surface area contributed by atoms with Crippen LogP contribution in [0.3, 0.4) is 0 Å². The third-order valence-corrected chi connectivity index (χ3v) is 6.94. The number of ether oxygens (including phenoxy) is 2. The second-order valence-electron chi connectivity index (χ2n) is 8.41. The van der Waals surface area contributed by atoms with Crippen molar-refractivity contribution in [2.75, 3.05) is 13.2 Å². The minimum atomic E-state index is -0.376. The lowest BCUT2D eigenvalue weighted by Gasteiger charge is -2.27. The molecule has 4 nitrogen and oxygen atoms in total. The number of hydrogen-bond acceptors (Lipinski definition) is 4. The van der Waals surface area contributed by atoms with Crippen LogP contribution in [0.15, 0.2) is 36.4 Å². The Bertz CT molecular complexity index is 966. The fourth-order valence-electron chi connectivity index (χ4n) is 4.36. The summed E-state index contributed by atoms with van der Waals surface area (Å²) in [6.45, 7) is 0.900. The molecule has 0 radical (unpaired) electrons. The standard InChI is InChI=1S/C25H26Cl2O4/c26-19-11-9-17(13-20(19)27)21(28)12-10-18-15-31-23-8-4-7-22(24(23)25(18)29)30-14-16-5-2-1-3-6-16/h4,7-9,11,13,16,18H,1-3,5-6,10,12,14-15H2. The van der Waals surface area contributed by atoms with Gasteiger partial charge in [0.25, 0.3) is 0 Å². The van der Waals surface area contributed by atoms with Gasteiger partial charge >= 0.3 is 0 Å². The van der Waals surface area contributed by atoms with Gasteiger partial charge in [0.05, 0.1) is 29.2 Å². The van der Waals surface area contributed by atoms with Gasteiger partial charge < -0.3 is 9.47 Å². The Hall–Kier alpha value is -2.04. The van der Waals surface area contributed by atoms with Crippen LogP contribution in [0, 0.1) is 11.8 Å². The van der Waals surface area contributed by atoms with Gasteiger partial charge in [0, 0.05) is 12.0 Å². The molecule has 1 fully saturated rings. The van der Waals surface area contributed by atoms with Crippen LogP contribution in [0.4, 0.5) is 0 Å². The molecule has 0 amide bonds. The highest BCUT2D eigenvalue weighted by Crippen LogP contribution is 2.37. The van der Waals surface area contributed by atoms with Crippen molar-refractivity contribution in [3.05, 3.63) is 57.6 Å². The first kappa shape index (κ1) is 22.2. The van der Waals surface area contributed by atoms with E-state index in [4.69, 9.17) is 32.7 Å². The van der Waals surface area contributed by atoms with Crippen molar-refractivity contribution in [1.29, 1.82) is 0 Å². The van der Waals surface area contributed by atoms with Gasteiger partial charge in [-0.1, -0.05) is 48.5 Å². The molecule has 2 aliphatic rings. The molecule has 164 valence electrons. The van der Waals surface area contributed by atoms with Crippen LogP contribution in [0.5, 0.6) is 11.5 Å². The molecule has 1 heterocycles. The Morgan fingerprint density at radius 3 is 2.65 bits per heavy atom. The Morgan fingerprint density at radius 1 is 1.06 bits per heavy atom. The maximum atomic E-state index is 13.2. The van der Waals surface area contributed by atoms with Crippen molar-refractivity contribution in [2.24, 2.45) is 11.8 Å². The highest BCUT2D eigenvalue weighted by molar-refractivity contribution is 6.42. The molecule has 1 aliphatic heterocycles. The van der Waals surface area contributed by atoms with E-state index in [9.17, 15) is 9.59 Å². The minimum Gasteiger partial charge on any atom is -0.492 e. The Kier molecular flexibility index (Phi) is 7.19. The fourth-order valence-corrected chi connectivity index (χ4v) is 4.66. The Balaban J connectivity index is 1.41. The molecule has 0 aromatic heterocycles. The highest BCUT2D eigenvalue weighted by Gasteiger charge is 2.32. The minimum absolute atomic E-state index is 0.0116. The molecule has 1 aliphatic carbocycles. The van der Waals surface area contributed by atoms with Crippen molar-refractivity contribution in [1.82, 2.24) is 0 Å². The number of hydrogen-bond donors (Lipinski definition) is 0. The number of halogens is 2. The first-order chi connectivity index (χ1) is 15.0. The lowest BCUT2D eigenvalue weighted by atomic mass is 9.89. The Labute approximate surface area is 192 Å². The summed E-state index contributed by atoms with van der Waals surface area (Å²) < 4.78 is 11.9. The van der Waals surface area contributed by atoms with E-state index in [2.05, 4.69) is 0 Å². The topological polar surface area (TPSA) is 52.6 Å². The van der Waals surface area contributed by atoms with Crippen LogP contribution >= 0.6 is 23.2 Å². The summed E-state index contributed by atoms with van der Waals surface area (Å²) in [4.78, 5) is 25.8. The Morgan fingerprint density at radius 2 is 1.87 bits per heavy atom. The number of benzene rings is 2. The zero-order chi connectivity index (χ0) is 21.8. The summed E-state index contributed by atoms with van der Waals surface area (Å²) in [5.41, 5.74) is 1.01. The van der Waals surface area contributed by atoms with Gasteiger partial charge in [-0.15, -0.1) is 0 Å². The SMILES string of the molecule is O=C(CCC1COc2cccc(OCC3CCCCC3)c2C1=O)c1ccc(Cl)c(Cl)c1. The van der Waals surface area contributed by atoms with Gasteiger partial charge in [-0.2, -0.15) is 0 Å². The van der Waals surface area contributed by atoms with E-state index >= 15 is 0 Å². The summed E-state index contributed by atoms with van der Waals surface area (Å²) in [6.07, 6.45) is 6.80. The normalized spacial score (nSPS) is 18.9. The highest BCUT2D eigenvalue weighted by atomic mass is 35.5. The monoisotopic (exact) mass is 460 g/mol. The quantitative estimate of drug-likeness (QED) is 0.425. The van der Waals surface area contributed by atoms with Crippen molar-refractivity contribution in [3.63, 3.8) is 0 Å². The molecule has 6 heteroatoms. The third kappa shape index (κ3) is 5.24. The number of Topliss-reactive ketones (excluding diaryl/α,β-unsaturated/α-hetero) is 2. The summed E-state index contributed by atoms with van der Waals surface area (Å²) in [7, 11) is 0. The molecule has 1 atom stereocenters. The predicted molar refractivity (Wildman–Crippen MR) is 122 cm³/mol. The predicted octanol–water partition coefficient (Wildman–Crippen LogP) is 6.81. The summed E-state index contributed by atoms with van der Waals surface area (Å²) in [5, 5.41) is 0.754. The molecule has 4 rings (SSSR count). The van der Waals surface area contributed by atoms with E-state index in [1.54, 1.807) is 24.3 Å². The van der Waals surface area contributed by atoms with E-state index < -0.39 is 0 Å². The molecule has 1 saturated carbocycles. The third-order valence-electron chi connectivity index (χ3n) is 6.21. The largest absolute Gasteiger partial charge is 0.492 e. The van der Waals surface area contributed by atoms with E-state index in [1.165, 1.54) is 32.1 Å². The average Bonchev–Trinajstić information content (AvgIpc) is 2.79. The lowest BCUT2D eigenvalue weighted by Crippen LogP contribution is -2.29. The molecule has 2 aromatic carbocycles.